The van der Waals surface area contributed by atoms with Crippen LogP contribution in [0.4, 0.5) is 24.0 Å². The quantitative estimate of drug-likeness (QED) is 0.0125. The number of aliphatic hydroxyl groups is 1. The number of carbonyl (C=O) groups excluding carboxylic acids is 7. The van der Waals surface area contributed by atoms with E-state index in [9.17, 15) is 38.8 Å². The molecule has 0 spiro atoms. The average Bonchev–Trinajstić information content (AvgIpc) is 2.43. The van der Waals surface area contributed by atoms with Gasteiger partial charge < -0.3 is 90.6 Å². The van der Waals surface area contributed by atoms with Crippen molar-refractivity contribution in [1.82, 2.24) is 51.1 Å². The number of phenols is 1. The van der Waals surface area contributed by atoms with E-state index in [2.05, 4.69) is 76.0 Å². The fourth-order valence-corrected chi connectivity index (χ4v) is 7.66. The Morgan fingerprint density at radius 3 is 1.17 bits per heavy atom. The third-order valence-electron chi connectivity index (χ3n) is 11.6. The van der Waals surface area contributed by atoms with Gasteiger partial charge in [-0.3, -0.25) is 9.59 Å². The van der Waals surface area contributed by atoms with Crippen molar-refractivity contribution in [1.29, 1.82) is 0 Å². The molecule has 0 aromatic heterocycles. The number of alkyl halides is 5. The Hall–Kier alpha value is -6.08. The molecule has 5 heterocycles. The molecule has 510 valence electrons. The third kappa shape index (κ3) is 40.7. The number of nitrogens with one attached hydrogen (secondary N) is 5. The molecule has 0 atom stereocenters. The van der Waals surface area contributed by atoms with Crippen LogP contribution >= 0.6 is 91.2 Å². The number of carbonyl (C=O) groups is 7. The van der Waals surface area contributed by atoms with Gasteiger partial charge in [0.1, 0.15) is 48.4 Å². The number of halogens is 8. The van der Waals surface area contributed by atoms with Gasteiger partial charge in [-0.15, -0.1) is 58.0 Å². The summed E-state index contributed by atoms with van der Waals surface area (Å²) in [6.45, 7) is 11.0. The summed E-state index contributed by atoms with van der Waals surface area (Å²) in [4.78, 5) is 84.4. The predicted molar refractivity (Wildman–Crippen MR) is 355 cm³/mol. The van der Waals surface area contributed by atoms with Crippen molar-refractivity contribution in [2.75, 3.05) is 141 Å². The van der Waals surface area contributed by atoms with Crippen LogP contribution in [0.1, 0.15) is 31.8 Å². The maximum Gasteiger partial charge on any atom is 1.00 e. The van der Waals surface area contributed by atoms with Crippen LogP contribution < -0.4 is 75.0 Å². The first-order valence-electron chi connectivity index (χ1n) is 27.1. The van der Waals surface area contributed by atoms with E-state index in [0.717, 1.165) is 25.9 Å². The largest absolute Gasteiger partial charge is 1.00 e. The number of hydrogen-bond acceptors (Lipinski definition) is 17. The Bertz CT molecular complexity index is 2850. The molecule has 0 bridgehead atoms. The molecule has 5 aliphatic heterocycles. The van der Waals surface area contributed by atoms with Gasteiger partial charge in [-0.1, -0.05) is 53.7 Å². The summed E-state index contributed by atoms with van der Waals surface area (Å²) < 4.78 is 33.4. The van der Waals surface area contributed by atoms with Gasteiger partial charge in [0.05, 0.1) is 54.3 Å². The molecule has 0 saturated carbocycles. The van der Waals surface area contributed by atoms with Crippen molar-refractivity contribution in [3.63, 3.8) is 0 Å². The molecule has 4 aromatic carbocycles. The van der Waals surface area contributed by atoms with Crippen molar-refractivity contribution in [2.24, 2.45) is 5.16 Å². The van der Waals surface area contributed by atoms with Gasteiger partial charge in [-0.25, -0.2) is 40.0 Å². The van der Waals surface area contributed by atoms with E-state index in [-0.39, 0.29) is 82.7 Å². The first-order chi connectivity index (χ1) is 44.5. The van der Waals surface area contributed by atoms with E-state index in [1.54, 1.807) is 97.3 Å². The number of oxime groups is 1. The van der Waals surface area contributed by atoms with Gasteiger partial charge in [0.15, 0.2) is 12.6 Å². The number of para-hydroxylation sites is 4. The topological polar surface area (TPSA) is 364 Å². The van der Waals surface area contributed by atoms with Crippen LogP contribution in [0.2, 0.25) is 0 Å². The number of aliphatic hydroxyl groups excluding tert-OH is 1. The molecule has 93 heavy (non-hydrogen) atoms. The Kier molecular flexibility index (Phi) is 56.0. The van der Waals surface area contributed by atoms with E-state index in [4.69, 9.17) is 96.5 Å². The van der Waals surface area contributed by atoms with Crippen molar-refractivity contribution in [3.8, 4) is 29.1 Å². The van der Waals surface area contributed by atoms with Crippen molar-refractivity contribution in [2.45, 2.75) is 0 Å². The van der Waals surface area contributed by atoms with Crippen LogP contribution in [0.15, 0.2) is 102 Å². The standard InChI is InChI=1S/C12H15N3O3.C12H13N3O3.C12H14N2O3.C7H6O2.C5H9ClN2O.C5H10N2O2.2CH2Cl2.Cl2OS.ClO.Na/c2*16-12-13-5-6-15(12)7-8-18-11-4-2-1-3-10(11)9-14-17;15-9-10-3-1-2-4-11(10)17-8-7-14-6-5-13-12(14)16;8-5-6-3-1-2-4-7(6)9;6-1-3-8-4-2-7-5(8)9;8-4-3-7-2-1-6-5(7)9;2*2-1-3;1-4(2)3;1-2;/h1-4,9,17H,5-8H2,(H,13,16);1-4H,5-8H2,(H,13,16);1-4,9H,5-8H2,(H,13,16);1-5,9H;1-4H2,(H,7,9);8H,1-4H2,(H,6,9);2*1H2;;;/q;;;;;;;;;-1;+1/b14-9-;;;;;;;;;;. The minimum Gasteiger partial charge on any atom is -0.769 e. The fourth-order valence-electron chi connectivity index (χ4n) is 7.45. The van der Waals surface area contributed by atoms with E-state index >= 15 is 0 Å². The van der Waals surface area contributed by atoms with E-state index in [1.165, 1.54) is 12.3 Å². The molecular formula is C55H71Cl8N12NaO16S. The summed E-state index contributed by atoms with van der Waals surface area (Å²) >= 11 is 27.9. The molecule has 0 radical (unpaired) electrons. The second kappa shape index (κ2) is 58.5. The van der Waals surface area contributed by atoms with Crippen LogP contribution in [-0.2, 0) is 9.23 Å². The zero-order valence-corrected chi connectivity index (χ0v) is 59.1. The van der Waals surface area contributed by atoms with E-state index < -0.39 is 9.23 Å². The molecule has 8 N–H and O–H groups in total. The monoisotopic (exact) mass is 1490 g/mol. The van der Waals surface area contributed by atoms with E-state index in [1.807, 2.05) is 18.2 Å². The zero-order chi connectivity index (χ0) is 68.7. The third-order valence-corrected chi connectivity index (χ3v) is 11.8. The normalized spacial score (nSPS) is 13.5. The molecule has 5 aliphatic rings. The summed E-state index contributed by atoms with van der Waals surface area (Å²) in [6.07, 6.45) is 2.70. The van der Waals surface area contributed by atoms with Gasteiger partial charge in [0.2, 0.25) is 9.23 Å². The number of ether oxygens (including phenoxy) is 3. The molecule has 4 aromatic rings. The predicted octanol–water partition coefficient (Wildman–Crippen LogP) is 3.92. The number of urea groups is 5. The smallest absolute Gasteiger partial charge is 0.769 e. The average molecular weight is 1490 g/mol. The van der Waals surface area contributed by atoms with Crippen LogP contribution in [0.25, 0.3) is 5.01 Å². The SMILES string of the molecule is ClCCl.ClCCl.O=C1NCCN1CCCl.O=C1NCCN1CCO.O=C1NCCN1CCOc1ccccc1/C=N\O.O=C1NCCN1CCOc1ccccc1C#[N+][O-].O=Cc1ccccc1O.O=Cc1ccccc1OCCN1CCNC1=O.O=S(Cl)Cl.[Na+].[O-]Cl. The summed E-state index contributed by atoms with van der Waals surface area (Å²) in [6, 6.07) is 29.8. The van der Waals surface area contributed by atoms with Gasteiger partial charge in [0, 0.05) is 116 Å². The number of aldehydes is 2. The summed E-state index contributed by atoms with van der Waals surface area (Å²) in [5.41, 5.74) is 2.07. The van der Waals surface area contributed by atoms with Crippen LogP contribution in [-0.4, -0.2) is 234 Å². The molecule has 9 rings (SSSR count). The number of rotatable bonds is 19. The van der Waals surface area contributed by atoms with E-state index in [0.29, 0.717) is 150 Å². The van der Waals surface area contributed by atoms with Crippen LogP contribution in [0.5, 0.6) is 23.0 Å². The molecule has 28 nitrogen and oxygen atoms in total. The summed E-state index contributed by atoms with van der Waals surface area (Å²) in [5, 5.41) is 55.5. The molecule has 0 unspecified atom stereocenters. The molecular weight excluding hydrogens is 1420 g/mol. The van der Waals surface area contributed by atoms with Gasteiger partial charge in [-0.2, -0.15) is 0 Å². The molecule has 38 heteroatoms. The van der Waals surface area contributed by atoms with Crippen molar-refractivity contribution >= 4 is 149 Å². The number of aromatic hydroxyl groups is 1. The van der Waals surface area contributed by atoms with Crippen molar-refractivity contribution < 1.29 is 102 Å². The Labute approximate surface area is 602 Å². The number of benzene rings is 4. The zero-order valence-electron chi connectivity index (χ0n) is 50.2. The Balaban J connectivity index is 0. The number of nitrogens with zero attached hydrogens (tertiary/aromatic N) is 7. The maximum absolute atomic E-state index is 11.3. The number of hydrogen-bond donors (Lipinski definition) is 8. The van der Waals surface area contributed by atoms with Gasteiger partial charge >= 0.3 is 65.8 Å². The minimum absolute atomic E-state index is 0. The van der Waals surface area contributed by atoms with Gasteiger partial charge in [-0.05, 0) is 48.5 Å². The van der Waals surface area contributed by atoms with Crippen LogP contribution in [0, 0.1) is 11.3 Å². The minimum atomic E-state index is -1.67. The van der Waals surface area contributed by atoms with Gasteiger partial charge in [0.25, 0.3) is 0 Å². The second-order valence-electron chi connectivity index (χ2n) is 17.3. The first kappa shape index (κ1) is 89.0. The molecule has 10 amide bonds. The summed E-state index contributed by atoms with van der Waals surface area (Å²) in [7, 11) is 7.36. The molecule has 5 saturated heterocycles. The first-order valence-corrected chi connectivity index (χ1v) is 32.8. The fraction of sp³-hybridized carbons (Fsp3) is 0.400. The van der Waals surface area contributed by atoms with Crippen molar-refractivity contribution in [3.05, 3.63) is 130 Å². The molecule has 0 aliphatic carbocycles. The maximum atomic E-state index is 11.3. The number of phenolic OH excluding ortho intramolecular Hbond substituents is 1. The summed E-state index contributed by atoms with van der Waals surface area (Å²) in [5.74, 6) is 2.29. The number of amides is 10. The van der Waals surface area contributed by atoms with Crippen LogP contribution in [0.3, 0.4) is 0 Å². The molecule has 5 fully saturated rings. The Morgan fingerprint density at radius 1 is 0.538 bits per heavy atom. The second-order valence-corrected chi connectivity index (χ2v) is 21.8. The Morgan fingerprint density at radius 2 is 0.849 bits per heavy atom. The number of β-amino-alcohol motifs (C(OH)–C–C–N with tert-alkyl or cyclic N) is 1.